The zero-order valence-corrected chi connectivity index (χ0v) is 14.6. The van der Waals surface area contributed by atoms with E-state index in [4.69, 9.17) is 0 Å². The summed E-state index contributed by atoms with van der Waals surface area (Å²) in [6.45, 7) is 4.46. The molecule has 4 aromatic carbocycles. The zero-order chi connectivity index (χ0) is 17.0. The van der Waals surface area contributed by atoms with Crippen LogP contribution in [0.25, 0.3) is 27.1 Å². The van der Waals surface area contributed by atoms with Gasteiger partial charge in [0.2, 0.25) is 0 Å². The van der Waals surface area contributed by atoms with E-state index in [1.165, 1.54) is 54.9 Å². The average molecular weight is 320 g/mol. The highest BCUT2D eigenvalue weighted by Crippen LogP contribution is 2.40. The SMILES string of the molecule is CC1=C(c2cccc3cc4ccccc4cc23)c2ccc(C)cc2C1. The number of fused-ring (bicyclic) bond motifs is 3. The summed E-state index contributed by atoms with van der Waals surface area (Å²) >= 11 is 0. The van der Waals surface area contributed by atoms with Crippen LogP contribution in [0.1, 0.15) is 29.2 Å². The average Bonchev–Trinajstić information content (AvgIpc) is 2.94. The van der Waals surface area contributed by atoms with Crippen molar-refractivity contribution in [3.8, 4) is 0 Å². The van der Waals surface area contributed by atoms with Crippen molar-refractivity contribution < 1.29 is 0 Å². The standard InChI is InChI=1S/C25H20/c1-16-10-11-22-21(12-16)13-17(2)25(22)23-9-5-8-20-14-18-6-3-4-7-19(18)15-24(20)23/h3-12,14-15H,13H2,1-2H3. The molecule has 0 amide bonds. The van der Waals surface area contributed by atoms with Crippen LogP contribution in [0.3, 0.4) is 0 Å². The highest BCUT2D eigenvalue weighted by Gasteiger charge is 2.21. The first-order chi connectivity index (χ1) is 12.2. The molecule has 1 aliphatic rings. The van der Waals surface area contributed by atoms with E-state index in [9.17, 15) is 0 Å². The summed E-state index contributed by atoms with van der Waals surface area (Å²) in [5, 5.41) is 5.28. The smallest absolute Gasteiger partial charge is 0.00542 e. The van der Waals surface area contributed by atoms with Crippen LogP contribution in [-0.2, 0) is 6.42 Å². The minimum absolute atomic E-state index is 1.07. The van der Waals surface area contributed by atoms with E-state index in [0.29, 0.717) is 0 Å². The number of benzene rings is 4. The third-order valence-corrected chi connectivity index (χ3v) is 5.43. The lowest BCUT2D eigenvalue weighted by atomic mass is 9.91. The van der Waals surface area contributed by atoms with Gasteiger partial charge in [-0.3, -0.25) is 0 Å². The van der Waals surface area contributed by atoms with Gasteiger partial charge in [0, 0.05) is 0 Å². The maximum absolute atomic E-state index is 2.35. The van der Waals surface area contributed by atoms with Crippen LogP contribution in [0.5, 0.6) is 0 Å². The first-order valence-electron chi connectivity index (χ1n) is 8.92. The predicted octanol–water partition coefficient (Wildman–Crippen LogP) is 6.68. The van der Waals surface area contributed by atoms with Gasteiger partial charge >= 0.3 is 0 Å². The fourth-order valence-corrected chi connectivity index (χ4v) is 4.28. The summed E-state index contributed by atoms with van der Waals surface area (Å²) in [4.78, 5) is 0. The Balaban J connectivity index is 1.82. The molecule has 0 aromatic heterocycles. The first-order valence-corrected chi connectivity index (χ1v) is 8.92. The van der Waals surface area contributed by atoms with Crippen LogP contribution < -0.4 is 0 Å². The molecule has 1 aliphatic carbocycles. The molecule has 0 spiro atoms. The van der Waals surface area contributed by atoms with Gasteiger partial charge in [-0.15, -0.1) is 0 Å². The Kier molecular flexibility index (Phi) is 3.08. The summed E-state index contributed by atoms with van der Waals surface area (Å²) in [6, 6.07) is 26.9. The van der Waals surface area contributed by atoms with Crippen LogP contribution >= 0.6 is 0 Å². The molecular weight excluding hydrogens is 300 g/mol. The van der Waals surface area contributed by atoms with Gasteiger partial charge in [-0.1, -0.05) is 71.8 Å². The Morgan fingerprint density at radius 3 is 2.24 bits per heavy atom. The van der Waals surface area contributed by atoms with Crippen molar-refractivity contribution in [1.82, 2.24) is 0 Å². The van der Waals surface area contributed by atoms with Crippen molar-refractivity contribution in [2.75, 3.05) is 0 Å². The molecule has 0 fully saturated rings. The Morgan fingerprint density at radius 1 is 0.640 bits per heavy atom. The molecular formula is C25H20. The fourth-order valence-electron chi connectivity index (χ4n) is 4.28. The van der Waals surface area contributed by atoms with Crippen molar-refractivity contribution in [1.29, 1.82) is 0 Å². The van der Waals surface area contributed by atoms with Crippen molar-refractivity contribution >= 4 is 27.1 Å². The summed E-state index contributed by atoms with van der Waals surface area (Å²) in [6.07, 6.45) is 1.07. The van der Waals surface area contributed by atoms with Gasteiger partial charge in [0.05, 0.1) is 0 Å². The van der Waals surface area contributed by atoms with Gasteiger partial charge in [-0.25, -0.2) is 0 Å². The molecule has 0 atom stereocenters. The van der Waals surface area contributed by atoms with Crippen molar-refractivity contribution in [2.45, 2.75) is 20.3 Å². The van der Waals surface area contributed by atoms with Crippen LogP contribution in [0.2, 0.25) is 0 Å². The van der Waals surface area contributed by atoms with Gasteiger partial charge in [0.1, 0.15) is 0 Å². The molecule has 0 heterocycles. The number of hydrogen-bond acceptors (Lipinski definition) is 0. The minimum Gasteiger partial charge on any atom is -0.0616 e. The van der Waals surface area contributed by atoms with Crippen LogP contribution in [0.15, 0.2) is 78.4 Å². The predicted molar refractivity (Wildman–Crippen MR) is 108 cm³/mol. The maximum atomic E-state index is 2.35. The Hall–Kier alpha value is -2.86. The second kappa shape index (κ2) is 5.32. The zero-order valence-electron chi connectivity index (χ0n) is 14.6. The van der Waals surface area contributed by atoms with Gasteiger partial charge < -0.3 is 0 Å². The van der Waals surface area contributed by atoms with Gasteiger partial charge in [0.15, 0.2) is 0 Å². The Bertz CT molecular complexity index is 1180. The monoisotopic (exact) mass is 320 g/mol. The number of rotatable bonds is 1. The Labute approximate surface area is 148 Å². The molecule has 5 rings (SSSR count). The first kappa shape index (κ1) is 14.5. The van der Waals surface area contributed by atoms with E-state index in [1.54, 1.807) is 0 Å². The maximum Gasteiger partial charge on any atom is -0.00542 e. The third kappa shape index (κ3) is 2.21. The molecule has 0 radical (unpaired) electrons. The number of aryl methyl sites for hydroxylation is 1. The summed E-state index contributed by atoms with van der Waals surface area (Å²) in [5.74, 6) is 0. The van der Waals surface area contributed by atoms with Gasteiger partial charge in [-0.05, 0) is 76.2 Å². The summed E-state index contributed by atoms with van der Waals surface area (Å²) in [7, 11) is 0. The van der Waals surface area contributed by atoms with E-state index in [-0.39, 0.29) is 0 Å². The molecule has 25 heavy (non-hydrogen) atoms. The van der Waals surface area contributed by atoms with Crippen LogP contribution in [0.4, 0.5) is 0 Å². The summed E-state index contributed by atoms with van der Waals surface area (Å²) < 4.78 is 0. The highest BCUT2D eigenvalue weighted by atomic mass is 14.2. The molecule has 0 N–H and O–H groups in total. The molecule has 0 unspecified atom stereocenters. The van der Waals surface area contributed by atoms with Crippen LogP contribution in [-0.4, -0.2) is 0 Å². The lowest BCUT2D eigenvalue weighted by Crippen LogP contribution is -1.90. The largest absolute Gasteiger partial charge is 0.0616 e. The molecule has 4 aromatic rings. The molecule has 0 bridgehead atoms. The van der Waals surface area contributed by atoms with E-state index >= 15 is 0 Å². The highest BCUT2D eigenvalue weighted by molar-refractivity contribution is 6.06. The minimum atomic E-state index is 1.07. The Morgan fingerprint density at radius 2 is 1.40 bits per heavy atom. The molecule has 0 heteroatoms. The molecule has 120 valence electrons. The topological polar surface area (TPSA) is 0 Å². The quantitative estimate of drug-likeness (QED) is 0.343. The van der Waals surface area contributed by atoms with E-state index in [0.717, 1.165) is 6.42 Å². The third-order valence-electron chi connectivity index (χ3n) is 5.43. The van der Waals surface area contributed by atoms with Gasteiger partial charge in [-0.2, -0.15) is 0 Å². The van der Waals surface area contributed by atoms with E-state index < -0.39 is 0 Å². The molecule has 0 nitrogen and oxygen atoms in total. The molecule has 0 aliphatic heterocycles. The second-order valence-electron chi connectivity index (χ2n) is 7.22. The normalized spacial score (nSPS) is 13.7. The van der Waals surface area contributed by atoms with E-state index in [1.807, 2.05) is 0 Å². The van der Waals surface area contributed by atoms with Crippen molar-refractivity contribution in [3.05, 3.63) is 101 Å². The summed E-state index contributed by atoms with van der Waals surface area (Å²) in [5.41, 5.74) is 8.48. The second-order valence-corrected chi connectivity index (χ2v) is 7.22. The lowest BCUT2D eigenvalue weighted by molar-refractivity contribution is 1.18. The van der Waals surface area contributed by atoms with Crippen LogP contribution in [0, 0.1) is 6.92 Å². The molecule has 0 saturated carbocycles. The molecule has 0 saturated heterocycles. The number of hydrogen-bond donors (Lipinski definition) is 0. The van der Waals surface area contributed by atoms with E-state index in [2.05, 4.69) is 86.6 Å². The van der Waals surface area contributed by atoms with Gasteiger partial charge in [0.25, 0.3) is 0 Å². The number of allylic oxidation sites excluding steroid dienone is 1. The van der Waals surface area contributed by atoms with Crippen molar-refractivity contribution in [3.63, 3.8) is 0 Å². The fraction of sp³-hybridized carbons (Fsp3) is 0.120. The van der Waals surface area contributed by atoms with Crippen molar-refractivity contribution in [2.24, 2.45) is 0 Å². The lowest BCUT2D eigenvalue weighted by Gasteiger charge is -2.12.